The lowest BCUT2D eigenvalue weighted by Crippen LogP contribution is -2.02. The van der Waals surface area contributed by atoms with E-state index in [4.69, 9.17) is 9.52 Å². The molecule has 2 aromatic rings. The predicted molar refractivity (Wildman–Crippen MR) is 73.6 cm³/mol. The van der Waals surface area contributed by atoms with Gasteiger partial charge in [-0.15, -0.1) is 0 Å². The normalized spacial score (nSPS) is 10.5. The zero-order valence-electron chi connectivity index (χ0n) is 11.3. The van der Waals surface area contributed by atoms with Crippen molar-refractivity contribution >= 4 is 11.7 Å². The maximum atomic E-state index is 10.9. The minimum absolute atomic E-state index is 0.0123. The quantitative estimate of drug-likeness (QED) is 0.881. The fraction of sp³-hybridized carbons (Fsp3) is 0.267. The molecule has 2 rings (SSSR count). The van der Waals surface area contributed by atoms with E-state index in [1.165, 1.54) is 0 Å². The van der Waals surface area contributed by atoms with Gasteiger partial charge in [0.05, 0.1) is 6.54 Å². The molecule has 0 unspecified atom stereocenters. The number of aromatic carboxylic acids is 1. The first-order chi connectivity index (χ1) is 8.99. The largest absolute Gasteiger partial charge is 0.475 e. The summed E-state index contributed by atoms with van der Waals surface area (Å²) in [5, 5.41) is 12.2. The number of aryl methyl sites for hydroxylation is 3. The van der Waals surface area contributed by atoms with Crippen LogP contribution in [0.2, 0.25) is 0 Å². The number of carboxylic acids is 1. The standard InChI is InChI=1S/C15H17NO3/c1-9-5-4-6-10(2)13(9)16-8-12-7-11(3)14(19-12)15(17)18/h4-7,16H,8H2,1-3H3,(H,17,18). The molecule has 0 radical (unpaired) electrons. The molecule has 0 aliphatic rings. The highest BCUT2D eigenvalue weighted by Gasteiger charge is 2.14. The van der Waals surface area contributed by atoms with Crippen LogP contribution in [0.25, 0.3) is 0 Å². The Morgan fingerprint density at radius 1 is 1.21 bits per heavy atom. The van der Waals surface area contributed by atoms with E-state index < -0.39 is 5.97 Å². The molecule has 0 spiro atoms. The summed E-state index contributed by atoms with van der Waals surface area (Å²) in [4.78, 5) is 10.9. The summed E-state index contributed by atoms with van der Waals surface area (Å²) >= 11 is 0. The Balaban J connectivity index is 2.15. The van der Waals surface area contributed by atoms with Crippen LogP contribution in [0.1, 0.15) is 33.0 Å². The van der Waals surface area contributed by atoms with Crippen LogP contribution in [0, 0.1) is 20.8 Å². The SMILES string of the molecule is Cc1cc(CNc2c(C)cccc2C)oc1C(=O)O. The number of rotatable bonds is 4. The Kier molecular flexibility index (Phi) is 3.60. The average molecular weight is 259 g/mol. The van der Waals surface area contributed by atoms with Gasteiger partial charge in [-0.25, -0.2) is 4.79 Å². The minimum Gasteiger partial charge on any atom is -0.475 e. The summed E-state index contributed by atoms with van der Waals surface area (Å²) in [5.74, 6) is -0.397. The summed E-state index contributed by atoms with van der Waals surface area (Å²) in [7, 11) is 0. The van der Waals surface area contributed by atoms with Crippen molar-refractivity contribution in [2.75, 3.05) is 5.32 Å². The summed E-state index contributed by atoms with van der Waals surface area (Å²) in [5.41, 5.74) is 4.02. The third kappa shape index (κ3) is 2.78. The molecule has 0 aliphatic heterocycles. The zero-order valence-corrected chi connectivity index (χ0v) is 11.3. The van der Waals surface area contributed by atoms with E-state index in [1.807, 2.05) is 32.0 Å². The molecule has 0 amide bonds. The van der Waals surface area contributed by atoms with Crippen LogP contribution in [-0.4, -0.2) is 11.1 Å². The van der Waals surface area contributed by atoms with Gasteiger partial charge in [0.1, 0.15) is 5.76 Å². The Hall–Kier alpha value is -2.23. The molecular weight excluding hydrogens is 242 g/mol. The van der Waals surface area contributed by atoms with Crippen LogP contribution in [0.5, 0.6) is 0 Å². The van der Waals surface area contributed by atoms with Gasteiger partial charge >= 0.3 is 5.97 Å². The number of hydrogen-bond donors (Lipinski definition) is 2. The van der Waals surface area contributed by atoms with Gasteiger partial charge in [0.15, 0.2) is 0 Å². The fourth-order valence-corrected chi connectivity index (χ4v) is 2.12. The van der Waals surface area contributed by atoms with Crippen LogP contribution in [0.3, 0.4) is 0 Å². The number of hydrogen-bond acceptors (Lipinski definition) is 3. The van der Waals surface area contributed by atoms with Gasteiger partial charge in [0.2, 0.25) is 5.76 Å². The summed E-state index contributed by atoms with van der Waals surface area (Å²) in [6.07, 6.45) is 0. The monoisotopic (exact) mass is 259 g/mol. The molecule has 1 heterocycles. The van der Waals surface area contributed by atoms with Gasteiger partial charge in [0.25, 0.3) is 0 Å². The Morgan fingerprint density at radius 3 is 2.37 bits per heavy atom. The number of carbonyl (C=O) groups is 1. The average Bonchev–Trinajstić information content (AvgIpc) is 2.70. The van der Waals surface area contributed by atoms with Crippen LogP contribution < -0.4 is 5.32 Å². The Labute approximate surface area is 112 Å². The molecule has 0 saturated heterocycles. The summed E-state index contributed by atoms with van der Waals surface area (Å²) in [6, 6.07) is 7.83. The number of furan rings is 1. The van der Waals surface area contributed by atoms with Gasteiger partial charge in [-0.1, -0.05) is 18.2 Å². The van der Waals surface area contributed by atoms with Crippen molar-refractivity contribution in [3.05, 3.63) is 52.5 Å². The third-order valence-corrected chi connectivity index (χ3v) is 3.08. The Bertz CT molecular complexity index is 594. The number of para-hydroxylation sites is 1. The third-order valence-electron chi connectivity index (χ3n) is 3.08. The lowest BCUT2D eigenvalue weighted by molar-refractivity contribution is 0.0659. The second-order valence-electron chi connectivity index (χ2n) is 4.65. The van der Waals surface area contributed by atoms with Crippen molar-refractivity contribution in [1.82, 2.24) is 0 Å². The number of benzene rings is 1. The molecular formula is C15H17NO3. The molecule has 19 heavy (non-hydrogen) atoms. The minimum atomic E-state index is -1.03. The van der Waals surface area contributed by atoms with E-state index in [9.17, 15) is 4.79 Å². The second kappa shape index (κ2) is 5.18. The molecule has 1 aromatic heterocycles. The molecule has 0 aliphatic carbocycles. The molecule has 0 atom stereocenters. The highest BCUT2D eigenvalue weighted by molar-refractivity contribution is 5.86. The maximum absolute atomic E-state index is 10.9. The second-order valence-corrected chi connectivity index (χ2v) is 4.65. The van der Waals surface area contributed by atoms with Crippen LogP contribution in [0.15, 0.2) is 28.7 Å². The topological polar surface area (TPSA) is 62.5 Å². The Morgan fingerprint density at radius 2 is 1.84 bits per heavy atom. The maximum Gasteiger partial charge on any atom is 0.372 e. The van der Waals surface area contributed by atoms with E-state index in [-0.39, 0.29) is 5.76 Å². The van der Waals surface area contributed by atoms with Crippen LogP contribution >= 0.6 is 0 Å². The van der Waals surface area contributed by atoms with E-state index >= 15 is 0 Å². The van der Waals surface area contributed by atoms with Gasteiger partial charge in [-0.3, -0.25) is 0 Å². The molecule has 0 fully saturated rings. The summed E-state index contributed by atoms with van der Waals surface area (Å²) < 4.78 is 5.32. The first kappa shape index (κ1) is 13.2. The molecule has 0 bridgehead atoms. The van der Waals surface area contributed by atoms with Crippen molar-refractivity contribution in [3.8, 4) is 0 Å². The lowest BCUT2D eigenvalue weighted by atomic mass is 10.1. The van der Waals surface area contributed by atoms with E-state index in [0.717, 1.165) is 16.8 Å². The van der Waals surface area contributed by atoms with Crippen LogP contribution in [-0.2, 0) is 6.54 Å². The van der Waals surface area contributed by atoms with Crippen molar-refractivity contribution < 1.29 is 14.3 Å². The zero-order chi connectivity index (χ0) is 14.0. The van der Waals surface area contributed by atoms with E-state index in [2.05, 4.69) is 5.32 Å². The molecule has 2 N–H and O–H groups in total. The van der Waals surface area contributed by atoms with E-state index in [1.54, 1.807) is 13.0 Å². The van der Waals surface area contributed by atoms with Gasteiger partial charge in [-0.2, -0.15) is 0 Å². The highest BCUT2D eigenvalue weighted by Crippen LogP contribution is 2.21. The van der Waals surface area contributed by atoms with E-state index in [0.29, 0.717) is 17.9 Å². The first-order valence-corrected chi connectivity index (χ1v) is 6.11. The molecule has 0 saturated carbocycles. The number of carboxylic acid groups (broad SMARTS) is 1. The molecule has 4 heteroatoms. The van der Waals surface area contributed by atoms with Gasteiger partial charge in [0, 0.05) is 11.3 Å². The summed E-state index contributed by atoms with van der Waals surface area (Å²) in [6.45, 7) is 6.27. The molecule has 100 valence electrons. The van der Waals surface area contributed by atoms with Crippen molar-refractivity contribution in [2.24, 2.45) is 0 Å². The van der Waals surface area contributed by atoms with Crippen molar-refractivity contribution in [2.45, 2.75) is 27.3 Å². The van der Waals surface area contributed by atoms with Gasteiger partial charge < -0.3 is 14.8 Å². The highest BCUT2D eigenvalue weighted by atomic mass is 16.4. The number of anilines is 1. The fourth-order valence-electron chi connectivity index (χ4n) is 2.12. The van der Waals surface area contributed by atoms with Crippen molar-refractivity contribution in [1.29, 1.82) is 0 Å². The molecule has 4 nitrogen and oxygen atoms in total. The number of nitrogens with one attached hydrogen (secondary N) is 1. The van der Waals surface area contributed by atoms with Crippen molar-refractivity contribution in [3.63, 3.8) is 0 Å². The molecule has 1 aromatic carbocycles. The smallest absolute Gasteiger partial charge is 0.372 e. The van der Waals surface area contributed by atoms with Gasteiger partial charge in [-0.05, 0) is 38.0 Å². The lowest BCUT2D eigenvalue weighted by Gasteiger charge is -2.11. The first-order valence-electron chi connectivity index (χ1n) is 6.11. The van der Waals surface area contributed by atoms with Crippen LogP contribution in [0.4, 0.5) is 5.69 Å². The predicted octanol–water partition coefficient (Wildman–Crippen LogP) is 3.52.